The Morgan fingerprint density at radius 3 is 2.88 bits per heavy atom. The maximum atomic E-state index is 12.2. The van der Waals surface area contributed by atoms with Crippen molar-refractivity contribution in [3.8, 4) is 5.88 Å². The van der Waals surface area contributed by atoms with Gasteiger partial charge in [0.15, 0.2) is 5.65 Å². The first-order valence-electron chi connectivity index (χ1n) is 8.11. The van der Waals surface area contributed by atoms with Crippen molar-refractivity contribution in [3.63, 3.8) is 0 Å². The maximum Gasteiger partial charge on any atom is 0.410 e. The number of carbonyl (C=O) groups excluding carboxylic acids is 1. The van der Waals surface area contributed by atoms with Gasteiger partial charge in [-0.05, 0) is 50.1 Å². The third kappa shape index (κ3) is 4.09. The van der Waals surface area contributed by atoms with Gasteiger partial charge < -0.3 is 14.4 Å². The van der Waals surface area contributed by atoms with Crippen LogP contribution in [0.4, 0.5) is 4.79 Å². The van der Waals surface area contributed by atoms with E-state index in [1.807, 2.05) is 20.8 Å². The first-order valence-corrected chi connectivity index (χ1v) is 8.11. The summed E-state index contributed by atoms with van der Waals surface area (Å²) in [5, 5.41) is 15.3. The standard InChI is InChI=1S/C15H22N6O3/c1-15(2,3)24-14(22)20-9-4-5-11(8-10-20)23-13-7-6-12-16-18-19-21(12)17-13/h6-7,11H,4-5,8-10H2,1-3H3. The molecular formula is C15H22N6O3. The monoisotopic (exact) mass is 334 g/mol. The average molecular weight is 334 g/mol. The van der Waals surface area contributed by atoms with Crippen LogP contribution in [0.3, 0.4) is 0 Å². The molecule has 0 bridgehead atoms. The molecule has 0 aromatic carbocycles. The first-order chi connectivity index (χ1) is 11.4. The summed E-state index contributed by atoms with van der Waals surface area (Å²) >= 11 is 0. The molecule has 1 unspecified atom stereocenters. The van der Waals surface area contributed by atoms with E-state index in [0.29, 0.717) is 24.6 Å². The van der Waals surface area contributed by atoms with Crippen LogP contribution in [0.5, 0.6) is 5.88 Å². The molecule has 0 saturated carbocycles. The smallest absolute Gasteiger partial charge is 0.410 e. The lowest BCUT2D eigenvalue weighted by Crippen LogP contribution is -2.37. The maximum absolute atomic E-state index is 12.2. The number of rotatable bonds is 2. The minimum absolute atomic E-state index is 0.00105. The largest absolute Gasteiger partial charge is 0.473 e. The van der Waals surface area contributed by atoms with Gasteiger partial charge in [-0.1, -0.05) is 0 Å². The predicted molar refractivity (Wildman–Crippen MR) is 84.7 cm³/mol. The summed E-state index contributed by atoms with van der Waals surface area (Å²) < 4.78 is 12.7. The third-order valence-electron chi connectivity index (χ3n) is 3.66. The van der Waals surface area contributed by atoms with Gasteiger partial charge >= 0.3 is 6.09 Å². The van der Waals surface area contributed by atoms with E-state index < -0.39 is 5.60 Å². The molecule has 3 rings (SSSR count). The molecule has 9 heteroatoms. The van der Waals surface area contributed by atoms with Gasteiger partial charge in [0.05, 0.1) is 0 Å². The lowest BCUT2D eigenvalue weighted by molar-refractivity contribution is 0.0252. The molecular weight excluding hydrogens is 312 g/mol. The zero-order valence-electron chi connectivity index (χ0n) is 14.2. The number of fused-ring (bicyclic) bond motifs is 1. The Bertz CT molecular complexity index is 711. The number of aromatic nitrogens is 5. The van der Waals surface area contributed by atoms with Gasteiger partial charge in [-0.15, -0.1) is 14.8 Å². The van der Waals surface area contributed by atoms with Crippen LogP contribution >= 0.6 is 0 Å². The van der Waals surface area contributed by atoms with Crippen molar-refractivity contribution in [3.05, 3.63) is 12.1 Å². The van der Waals surface area contributed by atoms with Crippen LogP contribution in [0, 0.1) is 0 Å². The second-order valence-corrected chi connectivity index (χ2v) is 6.84. The Balaban J connectivity index is 1.58. The number of likely N-dealkylation sites (tertiary alicyclic amines) is 1. The van der Waals surface area contributed by atoms with Gasteiger partial charge in [-0.2, -0.15) is 0 Å². The molecule has 0 spiro atoms. The Kier molecular flexibility index (Phi) is 4.50. The van der Waals surface area contributed by atoms with E-state index in [2.05, 4.69) is 20.6 Å². The van der Waals surface area contributed by atoms with Gasteiger partial charge in [0.2, 0.25) is 5.88 Å². The lowest BCUT2D eigenvalue weighted by atomic mass is 10.2. The van der Waals surface area contributed by atoms with E-state index in [0.717, 1.165) is 19.3 Å². The second-order valence-electron chi connectivity index (χ2n) is 6.84. The van der Waals surface area contributed by atoms with E-state index in [1.165, 1.54) is 4.63 Å². The van der Waals surface area contributed by atoms with Gasteiger partial charge in [-0.3, -0.25) is 0 Å². The minimum Gasteiger partial charge on any atom is -0.473 e. The number of amides is 1. The van der Waals surface area contributed by atoms with Crippen molar-refractivity contribution >= 4 is 11.7 Å². The SMILES string of the molecule is CC(C)(C)OC(=O)N1CCCC(Oc2ccc3nnnn3n2)CC1. The van der Waals surface area contributed by atoms with Crippen molar-refractivity contribution in [2.24, 2.45) is 0 Å². The highest BCUT2D eigenvalue weighted by atomic mass is 16.6. The summed E-state index contributed by atoms with van der Waals surface area (Å²) in [5.74, 6) is 0.477. The van der Waals surface area contributed by atoms with E-state index in [-0.39, 0.29) is 12.2 Å². The normalized spacial score (nSPS) is 19.1. The molecule has 1 fully saturated rings. The molecule has 1 atom stereocenters. The zero-order valence-corrected chi connectivity index (χ0v) is 14.2. The van der Waals surface area contributed by atoms with Gasteiger partial charge in [0.25, 0.3) is 0 Å². The van der Waals surface area contributed by atoms with Crippen LogP contribution < -0.4 is 4.74 Å². The minimum atomic E-state index is -0.482. The molecule has 3 heterocycles. The summed E-state index contributed by atoms with van der Waals surface area (Å²) in [5.41, 5.74) is 0.0871. The van der Waals surface area contributed by atoms with Crippen molar-refractivity contribution in [1.29, 1.82) is 0 Å². The Hall–Kier alpha value is -2.45. The predicted octanol–water partition coefficient (Wildman–Crippen LogP) is 1.69. The summed E-state index contributed by atoms with van der Waals surface area (Å²) in [6, 6.07) is 3.51. The Morgan fingerprint density at radius 1 is 1.25 bits per heavy atom. The average Bonchev–Trinajstić information content (AvgIpc) is 2.83. The molecule has 2 aromatic heterocycles. The highest BCUT2D eigenvalue weighted by molar-refractivity contribution is 5.68. The van der Waals surface area contributed by atoms with E-state index in [4.69, 9.17) is 9.47 Å². The fraction of sp³-hybridized carbons (Fsp3) is 0.667. The van der Waals surface area contributed by atoms with Gasteiger partial charge in [0, 0.05) is 25.6 Å². The van der Waals surface area contributed by atoms with Crippen LogP contribution in [0.2, 0.25) is 0 Å². The van der Waals surface area contributed by atoms with E-state index >= 15 is 0 Å². The summed E-state index contributed by atoms with van der Waals surface area (Å²) in [7, 11) is 0. The van der Waals surface area contributed by atoms with Crippen LogP contribution in [-0.4, -0.2) is 61.0 Å². The molecule has 1 amide bonds. The Morgan fingerprint density at radius 2 is 2.08 bits per heavy atom. The van der Waals surface area contributed by atoms with Gasteiger partial charge in [-0.25, -0.2) is 4.79 Å². The number of nitrogens with zero attached hydrogens (tertiary/aromatic N) is 6. The number of ether oxygens (including phenoxy) is 2. The van der Waals surface area contributed by atoms with Crippen LogP contribution in [0.25, 0.3) is 5.65 Å². The molecule has 9 nitrogen and oxygen atoms in total. The first kappa shape index (κ1) is 16.4. The highest BCUT2D eigenvalue weighted by Crippen LogP contribution is 2.19. The summed E-state index contributed by atoms with van der Waals surface area (Å²) in [4.78, 5) is 13.9. The molecule has 0 aliphatic carbocycles. The highest BCUT2D eigenvalue weighted by Gasteiger charge is 2.26. The molecule has 0 radical (unpaired) electrons. The van der Waals surface area contributed by atoms with Crippen LogP contribution in [-0.2, 0) is 4.74 Å². The number of carbonyl (C=O) groups is 1. The fourth-order valence-corrected chi connectivity index (χ4v) is 2.56. The van der Waals surface area contributed by atoms with E-state index in [1.54, 1.807) is 17.0 Å². The van der Waals surface area contributed by atoms with E-state index in [9.17, 15) is 4.79 Å². The molecule has 2 aromatic rings. The number of tetrazole rings is 1. The molecule has 1 aliphatic rings. The van der Waals surface area contributed by atoms with Crippen LogP contribution in [0.1, 0.15) is 40.0 Å². The molecule has 0 N–H and O–H groups in total. The Labute approximate surface area is 139 Å². The molecule has 24 heavy (non-hydrogen) atoms. The topological polar surface area (TPSA) is 94.7 Å². The molecule has 1 aliphatic heterocycles. The van der Waals surface area contributed by atoms with Crippen molar-refractivity contribution in [2.45, 2.75) is 51.7 Å². The zero-order chi connectivity index (χ0) is 17.2. The molecule has 130 valence electrons. The van der Waals surface area contributed by atoms with Crippen molar-refractivity contribution in [2.75, 3.05) is 13.1 Å². The van der Waals surface area contributed by atoms with Gasteiger partial charge in [0.1, 0.15) is 11.7 Å². The molecule has 1 saturated heterocycles. The number of hydrogen-bond acceptors (Lipinski definition) is 7. The van der Waals surface area contributed by atoms with Crippen LogP contribution in [0.15, 0.2) is 12.1 Å². The quantitative estimate of drug-likeness (QED) is 0.824. The summed E-state index contributed by atoms with van der Waals surface area (Å²) in [6.45, 7) is 6.89. The third-order valence-corrected chi connectivity index (χ3v) is 3.66. The fourth-order valence-electron chi connectivity index (χ4n) is 2.56. The lowest BCUT2D eigenvalue weighted by Gasteiger charge is -2.26. The second kappa shape index (κ2) is 6.58. The summed E-state index contributed by atoms with van der Waals surface area (Å²) in [6.07, 6.45) is 2.18. The number of hydrogen-bond donors (Lipinski definition) is 0. The van der Waals surface area contributed by atoms with Crippen molar-refractivity contribution in [1.82, 2.24) is 30.2 Å². The van der Waals surface area contributed by atoms with Crippen molar-refractivity contribution < 1.29 is 14.3 Å².